The number of nitrogen functional groups attached to an aromatic ring is 2. The number of nitro benzene ring substituents is 1. The fraction of sp³-hybridized carbons (Fsp3) is 0. The Morgan fingerprint density at radius 2 is 1.62 bits per heavy atom. The Bertz CT molecular complexity index is 970. The third-order valence-electron chi connectivity index (χ3n) is 3.24. The van der Waals surface area contributed by atoms with Crippen LogP contribution in [0.5, 0.6) is 0 Å². The second-order valence-electron chi connectivity index (χ2n) is 4.98. The van der Waals surface area contributed by atoms with Gasteiger partial charge >= 0.3 is 0 Å². The second-order valence-corrected chi connectivity index (χ2v) is 4.98. The Hall–Kier alpha value is -4.15. The van der Waals surface area contributed by atoms with E-state index < -0.39 is 4.92 Å². The molecule has 0 fully saturated rings. The molecular weight excluding hydrogens is 338 g/mol. The third kappa shape index (κ3) is 3.67. The van der Waals surface area contributed by atoms with E-state index in [1.807, 2.05) is 0 Å². The Morgan fingerprint density at radius 1 is 0.962 bits per heavy atom. The number of aromatic nitrogens is 3. The van der Waals surface area contributed by atoms with E-state index >= 15 is 0 Å². The molecule has 0 radical (unpaired) electrons. The van der Waals surface area contributed by atoms with Crippen molar-refractivity contribution in [3.8, 4) is 11.4 Å². The normalized spacial score (nSPS) is 10.8. The van der Waals surface area contributed by atoms with Crippen LogP contribution in [0.25, 0.3) is 11.4 Å². The van der Waals surface area contributed by atoms with Crippen molar-refractivity contribution < 1.29 is 4.92 Å². The van der Waals surface area contributed by atoms with Gasteiger partial charge in [0, 0.05) is 11.6 Å². The van der Waals surface area contributed by atoms with Crippen molar-refractivity contribution in [2.75, 3.05) is 16.9 Å². The fourth-order valence-electron chi connectivity index (χ4n) is 2.14. The molecule has 0 aliphatic heterocycles. The summed E-state index contributed by atoms with van der Waals surface area (Å²) in [5, 5.41) is 18.7. The molecule has 26 heavy (non-hydrogen) atoms. The lowest BCUT2D eigenvalue weighted by molar-refractivity contribution is -0.384. The maximum Gasteiger partial charge on any atom is 0.296 e. The van der Waals surface area contributed by atoms with Crippen molar-refractivity contribution in [1.29, 1.82) is 0 Å². The number of nitrogens with one attached hydrogen (secondary N) is 1. The monoisotopic (exact) mass is 351 g/mol. The Morgan fingerprint density at radius 3 is 2.35 bits per heavy atom. The number of para-hydroxylation sites is 2. The molecule has 3 aromatic rings. The predicted molar refractivity (Wildman–Crippen MR) is 95.3 cm³/mol. The maximum atomic E-state index is 11.0. The van der Waals surface area contributed by atoms with E-state index in [1.54, 1.807) is 36.4 Å². The van der Waals surface area contributed by atoms with Crippen molar-refractivity contribution >= 4 is 29.0 Å². The maximum absolute atomic E-state index is 11.0. The molecule has 0 bridgehead atoms. The first-order valence-electron chi connectivity index (χ1n) is 7.31. The lowest BCUT2D eigenvalue weighted by Crippen LogP contribution is -2.05. The number of nitrogens with two attached hydrogens (primary N) is 2. The number of benzene rings is 2. The van der Waals surface area contributed by atoms with Crippen LogP contribution in [-0.4, -0.2) is 19.9 Å². The van der Waals surface area contributed by atoms with E-state index in [9.17, 15) is 10.1 Å². The molecule has 0 aliphatic rings. The number of hydrogen-bond donors (Lipinski definition) is 3. The molecule has 0 saturated heterocycles. The SMILES string of the molecule is Nc1nc(N)nc(-c2ccccc2NN=Nc2ccccc2[N+](=O)[O-])n1. The van der Waals surface area contributed by atoms with Crippen LogP contribution in [0.2, 0.25) is 0 Å². The van der Waals surface area contributed by atoms with Crippen LogP contribution >= 0.6 is 0 Å². The summed E-state index contributed by atoms with van der Waals surface area (Å²) in [6.07, 6.45) is 0. The molecule has 1 heterocycles. The molecule has 0 unspecified atom stereocenters. The van der Waals surface area contributed by atoms with Crippen molar-refractivity contribution in [3.63, 3.8) is 0 Å². The third-order valence-corrected chi connectivity index (χ3v) is 3.24. The summed E-state index contributed by atoms with van der Waals surface area (Å²) in [5.41, 5.74) is 15.0. The predicted octanol–water partition coefficient (Wildman–Crippen LogP) is 2.72. The summed E-state index contributed by atoms with van der Waals surface area (Å²) in [4.78, 5) is 22.3. The fourth-order valence-corrected chi connectivity index (χ4v) is 2.14. The highest BCUT2D eigenvalue weighted by Crippen LogP contribution is 2.28. The van der Waals surface area contributed by atoms with Gasteiger partial charge in [0.25, 0.3) is 5.69 Å². The van der Waals surface area contributed by atoms with Crippen molar-refractivity contribution in [2.24, 2.45) is 10.3 Å². The van der Waals surface area contributed by atoms with Gasteiger partial charge in [-0.05, 0) is 18.2 Å². The number of anilines is 3. The Balaban J connectivity index is 1.89. The standard InChI is InChI=1S/C15H13N9O2/c16-14-18-13(19-15(17)20-14)9-5-1-2-6-10(9)21-23-22-11-7-3-4-8-12(11)24(25)26/h1-8H,(H,21,22)(H4,16,17,18,19,20). The zero-order valence-corrected chi connectivity index (χ0v) is 13.3. The van der Waals surface area contributed by atoms with Gasteiger partial charge in [-0.1, -0.05) is 29.5 Å². The van der Waals surface area contributed by atoms with Gasteiger partial charge in [0.05, 0.1) is 10.6 Å². The van der Waals surface area contributed by atoms with Gasteiger partial charge in [-0.25, -0.2) is 0 Å². The average Bonchev–Trinajstić information content (AvgIpc) is 2.61. The van der Waals surface area contributed by atoms with Crippen LogP contribution < -0.4 is 16.9 Å². The Kier molecular flexibility index (Phi) is 4.60. The molecule has 0 aliphatic carbocycles. The summed E-state index contributed by atoms with van der Waals surface area (Å²) in [6.45, 7) is 0. The van der Waals surface area contributed by atoms with E-state index in [1.165, 1.54) is 12.1 Å². The highest BCUT2D eigenvalue weighted by molar-refractivity contribution is 5.73. The smallest absolute Gasteiger partial charge is 0.296 e. The zero-order valence-electron chi connectivity index (χ0n) is 13.3. The zero-order chi connectivity index (χ0) is 18.5. The molecule has 0 atom stereocenters. The minimum atomic E-state index is -0.529. The van der Waals surface area contributed by atoms with Crippen LogP contribution in [0.4, 0.5) is 29.0 Å². The molecular formula is C15H13N9O2. The summed E-state index contributed by atoms with van der Waals surface area (Å²) < 4.78 is 0. The second kappa shape index (κ2) is 7.17. The molecule has 11 heteroatoms. The average molecular weight is 351 g/mol. The van der Waals surface area contributed by atoms with Crippen molar-refractivity contribution in [1.82, 2.24) is 15.0 Å². The van der Waals surface area contributed by atoms with Crippen LogP contribution in [0.1, 0.15) is 0 Å². The van der Waals surface area contributed by atoms with Crippen LogP contribution in [0.15, 0.2) is 58.9 Å². The molecule has 2 aromatic carbocycles. The summed E-state index contributed by atoms with van der Waals surface area (Å²) >= 11 is 0. The highest BCUT2D eigenvalue weighted by Gasteiger charge is 2.12. The van der Waals surface area contributed by atoms with Gasteiger partial charge in [-0.2, -0.15) is 15.0 Å². The van der Waals surface area contributed by atoms with E-state index in [4.69, 9.17) is 11.5 Å². The van der Waals surface area contributed by atoms with Crippen LogP contribution in [-0.2, 0) is 0 Å². The summed E-state index contributed by atoms with van der Waals surface area (Å²) in [6, 6.07) is 13.0. The minimum Gasteiger partial charge on any atom is -0.368 e. The summed E-state index contributed by atoms with van der Waals surface area (Å²) in [5.74, 6) is 0.242. The number of hydrogen-bond acceptors (Lipinski definition) is 9. The van der Waals surface area contributed by atoms with Gasteiger partial charge in [0.1, 0.15) is 0 Å². The van der Waals surface area contributed by atoms with E-state index in [-0.39, 0.29) is 29.1 Å². The van der Waals surface area contributed by atoms with Gasteiger partial charge in [-0.15, -0.1) is 5.11 Å². The highest BCUT2D eigenvalue weighted by atomic mass is 16.6. The summed E-state index contributed by atoms with van der Waals surface area (Å²) in [7, 11) is 0. The van der Waals surface area contributed by atoms with Gasteiger partial charge in [0.2, 0.25) is 11.9 Å². The number of nitrogens with zero attached hydrogens (tertiary/aromatic N) is 6. The molecule has 11 nitrogen and oxygen atoms in total. The molecule has 3 rings (SSSR count). The quantitative estimate of drug-likeness (QED) is 0.357. The first-order valence-corrected chi connectivity index (χ1v) is 7.31. The lowest BCUT2D eigenvalue weighted by Gasteiger charge is -2.07. The topological polar surface area (TPSA) is 171 Å². The largest absolute Gasteiger partial charge is 0.368 e. The van der Waals surface area contributed by atoms with Crippen LogP contribution in [0.3, 0.4) is 0 Å². The van der Waals surface area contributed by atoms with E-state index in [0.29, 0.717) is 11.3 Å². The van der Waals surface area contributed by atoms with Gasteiger partial charge in [0.15, 0.2) is 11.5 Å². The van der Waals surface area contributed by atoms with Gasteiger partial charge in [-0.3, -0.25) is 15.5 Å². The molecule has 130 valence electrons. The number of rotatable bonds is 5. The van der Waals surface area contributed by atoms with Crippen LogP contribution in [0, 0.1) is 10.1 Å². The molecule has 0 amide bonds. The minimum absolute atomic E-state index is 0.0103. The Labute approximate surface area is 147 Å². The first-order chi connectivity index (χ1) is 12.5. The molecule has 0 spiro atoms. The van der Waals surface area contributed by atoms with Crippen molar-refractivity contribution in [2.45, 2.75) is 0 Å². The van der Waals surface area contributed by atoms with E-state index in [2.05, 4.69) is 30.7 Å². The molecule has 1 aromatic heterocycles. The van der Waals surface area contributed by atoms with Gasteiger partial charge < -0.3 is 11.5 Å². The van der Waals surface area contributed by atoms with E-state index in [0.717, 1.165) is 0 Å². The lowest BCUT2D eigenvalue weighted by atomic mass is 10.1. The molecule has 5 N–H and O–H groups in total. The number of nitro groups is 1. The molecule has 0 saturated carbocycles. The van der Waals surface area contributed by atoms with Crippen molar-refractivity contribution in [3.05, 3.63) is 58.6 Å². The first kappa shape index (κ1) is 16.7.